The number of carbonyl (C=O) groups is 2. The van der Waals surface area contributed by atoms with Crippen LogP contribution in [0.3, 0.4) is 0 Å². The lowest BCUT2D eigenvalue weighted by Gasteiger charge is -2.07. The van der Waals surface area contributed by atoms with E-state index in [1.165, 1.54) is 0 Å². The number of hydrogen-bond acceptors (Lipinski definition) is 3. The van der Waals surface area contributed by atoms with Gasteiger partial charge in [0, 0.05) is 0 Å². The predicted molar refractivity (Wildman–Crippen MR) is 46.8 cm³/mol. The second-order valence-electron chi connectivity index (χ2n) is 1.82. The van der Waals surface area contributed by atoms with Crippen molar-refractivity contribution >= 4 is 46.6 Å². The molecule has 0 amide bonds. The highest BCUT2D eigenvalue weighted by atomic mass is 35.5. The third-order valence-electron chi connectivity index (χ3n) is 0.958. The van der Waals surface area contributed by atoms with E-state index in [-0.39, 0.29) is 6.61 Å². The molecule has 0 fully saturated rings. The molecule has 0 aliphatic rings. The van der Waals surface area contributed by atoms with Crippen molar-refractivity contribution < 1.29 is 14.3 Å². The summed E-state index contributed by atoms with van der Waals surface area (Å²) in [6.07, 6.45) is 0. The molecule has 1 atom stereocenters. The maximum Gasteiger partial charge on any atom is 0.331 e. The van der Waals surface area contributed by atoms with Crippen LogP contribution in [0, 0.1) is 0 Å². The Morgan fingerprint density at radius 2 is 1.83 bits per heavy atom. The minimum atomic E-state index is -1.41. The van der Waals surface area contributed by atoms with Crippen molar-refractivity contribution in [2.45, 2.75) is 17.1 Å². The fraction of sp³-hybridized carbons (Fsp3) is 0.667. The summed E-state index contributed by atoms with van der Waals surface area (Å²) >= 11 is 15.7. The van der Waals surface area contributed by atoms with Gasteiger partial charge >= 0.3 is 5.97 Å². The van der Waals surface area contributed by atoms with Gasteiger partial charge in [-0.2, -0.15) is 0 Å². The van der Waals surface area contributed by atoms with Crippen molar-refractivity contribution in [2.24, 2.45) is 0 Å². The van der Waals surface area contributed by atoms with Crippen molar-refractivity contribution in [3.05, 3.63) is 0 Å². The van der Waals surface area contributed by atoms with Crippen molar-refractivity contribution in [1.29, 1.82) is 0 Å². The quantitative estimate of drug-likeness (QED) is 0.420. The maximum atomic E-state index is 10.9. The average molecular weight is 233 g/mol. The highest BCUT2D eigenvalue weighted by Gasteiger charge is 2.29. The van der Waals surface area contributed by atoms with Gasteiger partial charge in [0.1, 0.15) is 0 Å². The molecule has 3 nitrogen and oxygen atoms in total. The van der Waals surface area contributed by atoms with E-state index in [1.807, 2.05) is 0 Å². The number of rotatable bonds is 4. The largest absolute Gasteiger partial charge is 0.465 e. The van der Waals surface area contributed by atoms with Gasteiger partial charge in [0.15, 0.2) is 16.0 Å². The lowest BCUT2D eigenvalue weighted by Crippen LogP contribution is -2.30. The van der Waals surface area contributed by atoms with Crippen LogP contribution >= 0.6 is 34.8 Å². The van der Waals surface area contributed by atoms with Gasteiger partial charge in [0.2, 0.25) is 0 Å². The molecule has 0 spiro atoms. The first kappa shape index (κ1) is 12.0. The number of alkyl halides is 3. The van der Waals surface area contributed by atoms with Gasteiger partial charge in [0.25, 0.3) is 0 Å². The molecule has 12 heavy (non-hydrogen) atoms. The summed E-state index contributed by atoms with van der Waals surface area (Å²) in [6, 6.07) is 0. The smallest absolute Gasteiger partial charge is 0.331 e. The summed E-state index contributed by atoms with van der Waals surface area (Å²) in [4.78, 5) is 20.4. The number of Topliss-reactive ketones (excluding diaryl/α,β-unsaturated/α-hetero) is 1. The van der Waals surface area contributed by atoms with E-state index in [1.54, 1.807) is 6.92 Å². The fourth-order valence-electron chi connectivity index (χ4n) is 0.442. The molecule has 1 unspecified atom stereocenters. The molecule has 70 valence electrons. The third-order valence-corrected chi connectivity index (χ3v) is 1.78. The SMILES string of the molecule is CCOC(=O)C(Cl)C(=O)C(Cl)Cl. The molecule has 0 aromatic heterocycles. The zero-order valence-electron chi connectivity index (χ0n) is 6.22. The maximum absolute atomic E-state index is 10.9. The van der Waals surface area contributed by atoms with Gasteiger partial charge in [-0.1, -0.05) is 23.2 Å². The Morgan fingerprint density at radius 1 is 1.33 bits per heavy atom. The second-order valence-corrected chi connectivity index (χ2v) is 3.35. The molecule has 0 aliphatic heterocycles. The van der Waals surface area contributed by atoms with E-state index in [2.05, 4.69) is 4.74 Å². The van der Waals surface area contributed by atoms with Crippen LogP contribution in [0.5, 0.6) is 0 Å². The molecular weight excluding hydrogens is 226 g/mol. The summed E-state index contributed by atoms with van der Waals surface area (Å²) in [7, 11) is 0. The lowest BCUT2D eigenvalue weighted by molar-refractivity contribution is -0.144. The molecule has 0 heterocycles. The summed E-state index contributed by atoms with van der Waals surface area (Å²) in [6.45, 7) is 1.76. The normalized spacial score (nSPS) is 12.8. The number of carbonyl (C=O) groups excluding carboxylic acids is 2. The first-order valence-electron chi connectivity index (χ1n) is 3.13. The first-order chi connectivity index (χ1) is 5.50. The van der Waals surface area contributed by atoms with Gasteiger partial charge in [0.05, 0.1) is 6.61 Å². The lowest BCUT2D eigenvalue weighted by atomic mass is 10.3. The summed E-state index contributed by atoms with van der Waals surface area (Å²) in [5.41, 5.74) is 0. The zero-order valence-corrected chi connectivity index (χ0v) is 8.49. The van der Waals surface area contributed by atoms with E-state index >= 15 is 0 Å². The fourth-order valence-corrected chi connectivity index (χ4v) is 1.01. The molecule has 0 saturated heterocycles. The van der Waals surface area contributed by atoms with Crippen LogP contribution in [0.4, 0.5) is 0 Å². The summed E-state index contributed by atoms with van der Waals surface area (Å²) in [5, 5.41) is -1.41. The van der Waals surface area contributed by atoms with E-state index in [0.29, 0.717) is 0 Å². The van der Waals surface area contributed by atoms with Crippen molar-refractivity contribution in [3.8, 4) is 0 Å². The van der Waals surface area contributed by atoms with Gasteiger partial charge < -0.3 is 4.74 Å². The van der Waals surface area contributed by atoms with Gasteiger partial charge in [-0.05, 0) is 6.92 Å². The van der Waals surface area contributed by atoms with E-state index in [9.17, 15) is 9.59 Å². The van der Waals surface area contributed by atoms with Crippen LogP contribution in [0.1, 0.15) is 6.92 Å². The number of ether oxygens (including phenoxy) is 1. The highest BCUT2D eigenvalue weighted by molar-refractivity contribution is 6.58. The van der Waals surface area contributed by atoms with Crippen molar-refractivity contribution in [3.63, 3.8) is 0 Å². The Morgan fingerprint density at radius 3 is 2.17 bits per heavy atom. The van der Waals surface area contributed by atoms with E-state index in [4.69, 9.17) is 34.8 Å². The highest BCUT2D eigenvalue weighted by Crippen LogP contribution is 2.11. The molecule has 6 heteroatoms. The van der Waals surface area contributed by atoms with Gasteiger partial charge in [-0.25, -0.2) is 4.79 Å². The number of hydrogen-bond donors (Lipinski definition) is 0. The Bertz CT molecular complexity index is 181. The molecule has 0 saturated carbocycles. The molecule has 0 aromatic rings. The average Bonchev–Trinajstić information content (AvgIpc) is 2.02. The molecule has 0 radical (unpaired) electrons. The van der Waals surface area contributed by atoms with E-state index < -0.39 is 22.0 Å². The molecule has 0 aromatic carbocycles. The zero-order chi connectivity index (χ0) is 9.72. The summed E-state index contributed by atoms with van der Waals surface area (Å²) < 4.78 is 4.47. The van der Waals surface area contributed by atoms with Crippen LogP contribution in [0.15, 0.2) is 0 Å². The molecular formula is C6H7Cl3O3. The molecule has 0 aliphatic carbocycles. The number of halogens is 3. The van der Waals surface area contributed by atoms with Crippen LogP contribution in [0.25, 0.3) is 0 Å². The second kappa shape index (κ2) is 5.62. The van der Waals surface area contributed by atoms with Gasteiger partial charge in [-0.15, -0.1) is 11.6 Å². The summed E-state index contributed by atoms with van der Waals surface area (Å²) in [5.74, 6) is -1.59. The third kappa shape index (κ3) is 3.61. The minimum Gasteiger partial charge on any atom is -0.465 e. The predicted octanol–water partition coefficient (Wildman–Crippen LogP) is 1.53. The van der Waals surface area contributed by atoms with Crippen LogP contribution < -0.4 is 0 Å². The Labute approximate surface area is 84.9 Å². The van der Waals surface area contributed by atoms with Crippen LogP contribution in [-0.4, -0.2) is 28.6 Å². The Hall–Kier alpha value is 0.01000. The minimum absolute atomic E-state index is 0.157. The molecule has 0 bridgehead atoms. The van der Waals surface area contributed by atoms with E-state index in [0.717, 1.165) is 0 Å². The van der Waals surface area contributed by atoms with Crippen molar-refractivity contribution in [2.75, 3.05) is 6.61 Å². The standard InChI is InChI=1S/C6H7Cl3O3/c1-2-12-6(11)3(7)4(10)5(8)9/h3,5H,2H2,1H3. The van der Waals surface area contributed by atoms with Crippen LogP contribution in [-0.2, 0) is 14.3 Å². The van der Waals surface area contributed by atoms with Gasteiger partial charge in [-0.3, -0.25) is 4.79 Å². The Kier molecular flexibility index (Phi) is 5.63. The first-order valence-corrected chi connectivity index (χ1v) is 4.44. The molecule has 0 N–H and O–H groups in total. The monoisotopic (exact) mass is 232 g/mol. The topological polar surface area (TPSA) is 43.4 Å². The Balaban J connectivity index is 4.10. The number of ketones is 1. The van der Waals surface area contributed by atoms with Crippen LogP contribution in [0.2, 0.25) is 0 Å². The molecule has 0 rings (SSSR count). The number of esters is 1. The van der Waals surface area contributed by atoms with Crippen molar-refractivity contribution in [1.82, 2.24) is 0 Å².